The van der Waals surface area contributed by atoms with E-state index in [0.717, 1.165) is 19.3 Å². The molecule has 3 N–H and O–H groups in total. The lowest BCUT2D eigenvalue weighted by molar-refractivity contribution is 0.0916. The van der Waals surface area contributed by atoms with Gasteiger partial charge in [0.1, 0.15) is 4.90 Å². The largest absolute Gasteiger partial charge is 0.399 e. The van der Waals surface area contributed by atoms with E-state index in [2.05, 4.69) is 36.6 Å². The zero-order valence-corrected chi connectivity index (χ0v) is 14.9. The predicted molar refractivity (Wildman–Crippen MR) is 85.0 cm³/mol. The molecule has 0 saturated heterocycles. The van der Waals surface area contributed by atoms with Crippen molar-refractivity contribution in [1.29, 1.82) is 0 Å². The fraction of sp³-hybridized carbons (Fsp3) is 0.500. The van der Waals surface area contributed by atoms with Crippen molar-refractivity contribution in [2.75, 3.05) is 12.8 Å². The van der Waals surface area contributed by atoms with Crippen molar-refractivity contribution >= 4 is 47.6 Å². The lowest BCUT2D eigenvalue weighted by atomic mass is 10.2. The van der Waals surface area contributed by atoms with Crippen LogP contribution in [0.5, 0.6) is 0 Å². The second kappa shape index (κ2) is 6.31. The molecular weight excluding hydrogens is 412 g/mol. The molecule has 0 amide bonds. The van der Waals surface area contributed by atoms with E-state index >= 15 is 0 Å². The lowest BCUT2D eigenvalue weighted by Gasteiger charge is -2.20. The number of sulfonamides is 1. The second-order valence-corrected chi connectivity index (χ2v) is 8.11. The Balaban J connectivity index is 2.32. The van der Waals surface area contributed by atoms with Gasteiger partial charge in [0.25, 0.3) is 0 Å². The van der Waals surface area contributed by atoms with Gasteiger partial charge in [0.15, 0.2) is 0 Å². The van der Waals surface area contributed by atoms with E-state index in [9.17, 15) is 8.42 Å². The molecule has 2 unspecified atom stereocenters. The van der Waals surface area contributed by atoms with E-state index in [1.807, 2.05) is 0 Å². The van der Waals surface area contributed by atoms with Crippen molar-refractivity contribution in [2.45, 2.75) is 36.3 Å². The normalized spacial score (nSPS) is 23.1. The highest BCUT2D eigenvalue weighted by Crippen LogP contribution is 2.33. The summed E-state index contributed by atoms with van der Waals surface area (Å²) < 4.78 is 34.0. The number of nitrogens with one attached hydrogen (secondary N) is 1. The number of methoxy groups -OCH3 is 1. The highest BCUT2D eigenvalue weighted by atomic mass is 79.9. The van der Waals surface area contributed by atoms with Crippen molar-refractivity contribution in [3.63, 3.8) is 0 Å². The van der Waals surface area contributed by atoms with E-state index in [4.69, 9.17) is 10.5 Å². The number of benzene rings is 1. The maximum Gasteiger partial charge on any atom is 0.243 e. The van der Waals surface area contributed by atoms with E-state index in [1.54, 1.807) is 19.2 Å². The minimum absolute atomic E-state index is 0.0730. The van der Waals surface area contributed by atoms with E-state index in [-0.39, 0.29) is 17.0 Å². The number of rotatable bonds is 4. The predicted octanol–water partition coefficient (Wildman–Crippen LogP) is 2.64. The Morgan fingerprint density at radius 1 is 1.30 bits per heavy atom. The summed E-state index contributed by atoms with van der Waals surface area (Å²) in [4.78, 5) is 0.161. The third kappa shape index (κ3) is 3.36. The van der Waals surface area contributed by atoms with Crippen LogP contribution < -0.4 is 10.5 Å². The van der Waals surface area contributed by atoms with E-state index < -0.39 is 10.0 Å². The molecule has 2 rings (SSSR count). The molecule has 5 nitrogen and oxygen atoms in total. The van der Waals surface area contributed by atoms with Crippen molar-refractivity contribution in [3.8, 4) is 0 Å². The Bertz CT molecular complexity index is 584. The maximum atomic E-state index is 12.5. The summed E-state index contributed by atoms with van der Waals surface area (Å²) >= 11 is 6.51. The van der Waals surface area contributed by atoms with Crippen molar-refractivity contribution in [1.82, 2.24) is 4.72 Å². The van der Waals surface area contributed by atoms with Crippen LogP contribution in [0.3, 0.4) is 0 Å². The molecule has 0 aliphatic heterocycles. The Morgan fingerprint density at radius 2 is 1.90 bits per heavy atom. The average molecular weight is 428 g/mol. The number of anilines is 1. The minimum Gasteiger partial charge on any atom is -0.399 e. The highest BCUT2D eigenvalue weighted by Gasteiger charge is 2.32. The van der Waals surface area contributed by atoms with Gasteiger partial charge in [0, 0.05) is 27.8 Å². The Labute approximate surface area is 135 Å². The van der Waals surface area contributed by atoms with Crippen LogP contribution in [0.2, 0.25) is 0 Å². The molecule has 0 aromatic heterocycles. The summed E-state index contributed by atoms with van der Waals surface area (Å²) in [6.45, 7) is 0. The van der Waals surface area contributed by atoms with Gasteiger partial charge in [-0.3, -0.25) is 0 Å². The van der Waals surface area contributed by atoms with Crippen LogP contribution in [0.1, 0.15) is 19.3 Å². The van der Waals surface area contributed by atoms with Crippen LogP contribution in [0.4, 0.5) is 5.69 Å². The molecule has 112 valence electrons. The Hall–Kier alpha value is -0.150. The Kier molecular flexibility index (Phi) is 5.12. The monoisotopic (exact) mass is 426 g/mol. The molecule has 8 heteroatoms. The van der Waals surface area contributed by atoms with Crippen molar-refractivity contribution in [2.24, 2.45) is 0 Å². The third-order valence-electron chi connectivity index (χ3n) is 3.35. The number of hydrogen-bond acceptors (Lipinski definition) is 4. The number of halogens is 2. The first kappa shape index (κ1) is 16.2. The van der Waals surface area contributed by atoms with Crippen LogP contribution in [-0.4, -0.2) is 27.7 Å². The lowest BCUT2D eigenvalue weighted by Crippen LogP contribution is -2.40. The fourth-order valence-electron chi connectivity index (χ4n) is 2.44. The molecule has 1 fully saturated rings. The third-order valence-corrected chi connectivity index (χ3v) is 6.72. The van der Waals surface area contributed by atoms with Crippen LogP contribution >= 0.6 is 31.9 Å². The zero-order valence-electron chi connectivity index (χ0n) is 10.9. The minimum atomic E-state index is -3.64. The standard InChI is InChI=1S/C12H16Br2N2O3S/c1-19-11-4-2-3-10(11)16-20(17,18)12-8(13)5-7(15)6-9(12)14/h5-6,10-11,16H,2-4,15H2,1H3. The first-order chi connectivity index (χ1) is 9.35. The van der Waals surface area contributed by atoms with Gasteiger partial charge >= 0.3 is 0 Å². The SMILES string of the molecule is COC1CCCC1NS(=O)(=O)c1c(Br)cc(N)cc1Br. The van der Waals surface area contributed by atoms with Crippen LogP contribution in [0.25, 0.3) is 0 Å². The average Bonchev–Trinajstić information content (AvgIpc) is 2.73. The Morgan fingerprint density at radius 3 is 2.45 bits per heavy atom. The molecule has 1 aliphatic carbocycles. The number of nitrogen functional groups attached to an aromatic ring is 1. The second-order valence-electron chi connectivity index (χ2n) is 4.75. The molecule has 0 bridgehead atoms. The molecule has 1 aliphatic rings. The summed E-state index contributed by atoms with van der Waals surface area (Å²) in [6.07, 6.45) is 2.53. The zero-order chi connectivity index (χ0) is 14.9. The first-order valence-corrected chi connectivity index (χ1v) is 9.21. The number of nitrogens with two attached hydrogens (primary N) is 1. The highest BCUT2D eigenvalue weighted by molar-refractivity contribution is 9.11. The molecule has 0 spiro atoms. The molecule has 20 heavy (non-hydrogen) atoms. The summed E-state index contributed by atoms with van der Waals surface area (Å²) in [7, 11) is -2.04. The fourth-order valence-corrected chi connectivity index (χ4v) is 6.36. The first-order valence-electron chi connectivity index (χ1n) is 6.15. The van der Waals surface area contributed by atoms with Gasteiger partial charge < -0.3 is 10.5 Å². The molecule has 1 saturated carbocycles. The van der Waals surface area contributed by atoms with Crippen LogP contribution in [-0.2, 0) is 14.8 Å². The van der Waals surface area contributed by atoms with Crippen LogP contribution in [0, 0.1) is 0 Å². The molecular formula is C12H16Br2N2O3S. The van der Waals surface area contributed by atoms with Gasteiger partial charge in [-0.25, -0.2) is 13.1 Å². The number of hydrogen-bond donors (Lipinski definition) is 2. The van der Waals surface area contributed by atoms with Crippen molar-refractivity contribution < 1.29 is 13.2 Å². The van der Waals surface area contributed by atoms with Crippen LogP contribution in [0.15, 0.2) is 26.0 Å². The molecule has 0 radical (unpaired) electrons. The van der Waals surface area contributed by atoms with Gasteiger partial charge in [-0.15, -0.1) is 0 Å². The van der Waals surface area contributed by atoms with Gasteiger partial charge in [-0.1, -0.05) is 0 Å². The summed E-state index contributed by atoms with van der Waals surface area (Å²) in [6, 6.07) is 2.95. The summed E-state index contributed by atoms with van der Waals surface area (Å²) in [5.74, 6) is 0. The molecule has 1 aromatic carbocycles. The molecule has 1 aromatic rings. The summed E-state index contributed by atoms with van der Waals surface area (Å²) in [5.41, 5.74) is 6.17. The van der Waals surface area contributed by atoms with Gasteiger partial charge in [-0.2, -0.15) is 0 Å². The quantitative estimate of drug-likeness (QED) is 0.723. The van der Waals surface area contributed by atoms with Gasteiger partial charge in [0.2, 0.25) is 10.0 Å². The van der Waals surface area contributed by atoms with Gasteiger partial charge in [0.05, 0.1) is 6.10 Å². The van der Waals surface area contributed by atoms with Gasteiger partial charge in [-0.05, 0) is 63.3 Å². The summed E-state index contributed by atoms with van der Waals surface area (Å²) in [5, 5.41) is 0. The smallest absolute Gasteiger partial charge is 0.243 e. The van der Waals surface area contributed by atoms with E-state index in [0.29, 0.717) is 14.6 Å². The van der Waals surface area contributed by atoms with Crippen molar-refractivity contribution in [3.05, 3.63) is 21.1 Å². The molecule has 2 atom stereocenters. The maximum absolute atomic E-state index is 12.5. The van der Waals surface area contributed by atoms with E-state index in [1.165, 1.54) is 0 Å². The molecule has 0 heterocycles. The topological polar surface area (TPSA) is 81.4 Å². The number of ether oxygens (including phenoxy) is 1.